The number of carbonyl (C=O) groups is 1. The second-order valence-corrected chi connectivity index (χ2v) is 6.67. The van der Waals surface area contributed by atoms with Gasteiger partial charge in [0, 0.05) is 16.5 Å². The van der Waals surface area contributed by atoms with Gasteiger partial charge in [-0.1, -0.05) is 47.4 Å². The van der Waals surface area contributed by atoms with Crippen LogP contribution in [0.1, 0.15) is 44.1 Å². The number of nitrogens with two attached hydrogens (primary N) is 1. The molecule has 0 heterocycles. The lowest BCUT2D eigenvalue weighted by Crippen LogP contribution is -2.20. The Balaban J connectivity index is 2.01. The van der Waals surface area contributed by atoms with Crippen LogP contribution in [-0.4, -0.2) is 10.9 Å². The third kappa shape index (κ3) is 4.28. The minimum Gasteiger partial charge on any atom is -0.389 e. The molecule has 0 spiro atoms. The largest absolute Gasteiger partial charge is 0.389 e. The van der Waals surface area contributed by atoms with Gasteiger partial charge in [0.1, 0.15) is 4.99 Å². The van der Waals surface area contributed by atoms with Crippen molar-refractivity contribution in [3.63, 3.8) is 0 Å². The van der Waals surface area contributed by atoms with E-state index < -0.39 is 0 Å². The first-order valence-electron chi connectivity index (χ1n) is 6.95. The predicted molar refractivity (Wildman–Crippen MR) is 89.9 cm³/mol. The van der Waals surface area contributed by atoms with E-state index in [9.17, 15) is 4.79 Å². The molecule has 0 radical (unpaired) electrons. The Morgan fingerprint density at radius 1 is 1.35 bits per heavy atom. The molecule has 1 fully saturated rings. The normalized spacial score (nSPS) is 15.8. The van der Waals surface area contributed by atoms with Crippen LogP contribution in [0.2, 0.25) is 0 Å². The Bertz CT molecular complexity index is 513. The summed E-state index contributed by atoms with van der Waals surface area (Å²) in [7, 11) is 0. The highest BCUT2D eigenvalue weighted by Gasteiger charge is 2.18. The van der Waals surface area contributed by atoms with Crippen molar-refractivity contribution in [1.29, 1.82) is 0 Å². The van der Waals surface area contributed by atoms with Gasteiger partial charge in [-0.25, -0.2) is 0 Å². The van der Waals surface area contributed by atoms with Crippen molar-refractivity contribution >= 4 is 44.7 Å². The Hall–Kier alpha value is -0.940. The summed E-state index contributed by atoms with van der Waals surface area (Å²) in [4.78, 5) is 12.4. The zero-order valence-electron chi connectivity index (χ0n) is 11.3. The molecule has 108 valence electrons. The van der Waals surface area contributed by atoms with Crippen LogP contribution < -0.4 is 11.1 Å². The molecule has 5 heteroatoms. The van der Waals surface area contributed by atoms with Gasteiger partial charge in [-0.2, -0.15) is 0 Å². The molecule has 0 atom stereocenters. The smallest absolute Gasteiger partial charge is 0.224 e. The Morgan fingerprint density at radius 3 is 2.70 bits per heavy atom. The number of benzene rings is 1. The molecular weight excluding hydrogens is 336 g/mol. The van der Waals surface area contributed by atoms with Gasteiger partial charge in [-0.3, -0.25) is 4.79 Å². The van der Waals surface area contributed by atoms with Gasteiger partial charge in [0.25, 0.3) is 0 Å². The van der Waals surface area contributed by atoms with Gasteiger partial charge in [-0.15, -0.1) is 0 Å². The van der Waals surface area contributed by atoms with Crippen molar-refractivity contribution in [3.05, 3.63) is 28.2 Å². The zero-order valence-corrected chi connectivity index (χ0v) is 13.7. The Labute approximate surface area is 133 Å². The minimum atomic E-state index is 0.0525. The summed E-state index contributed by atoms with van der Waals surface area (Å²) in [5, 5.41) is 2.94. The molecule has 1 aromatic rings. The number of nitrogens with one attached hydrogen (secondary N) is 1. The van der Waals surface area contributed by atoms with Crippen LogP contribution >= 0.6 is 28.1 Å². The third-order valence-corrected chi connectivity index (χ3v) is 4.43. The summed E-state index contributed by atoms with van der Waals surface area (Å²) >= 11 is 8.41. The SMILES string of the molecule is NC(=S)c1cc(Br)ccc1NC(=O)CC1CCCCC1. The summed E-state index contributed by atoms with van der Waals surface area (Å²) in [5.74, 6) is 0.573. The Kier molecular flexibility index (Phi) is 5.54. The average molecular weight is 355 g/mol. The summed E-state index contributed by atoms with van der Waals surface area (Å²) in [6, 6.07) is 5.54. The Morgan fingerprint density at radius 2 is 2.05 bits per heavy atom. The summed E-state index contributed by atoms with van der Waals surface area (Å²) in [5.41, 5.74) is 7.10. The van der Waals surface area contributed by atoms with Crippen LogP contribution in [0.5, 0.6) is 0 Å². The van der Waals surface area contributed by atoms with Crippen molar-refractivity contribution in [2.45, 2.75) is 38.5 Å². The average Bonchev–Trinajstić information content (AvgIpc) is 2.41. The highest BCUT2D eigenvalue weighted by Crippen LogP contribution is 2.27. The molecule has 1 aromatic carbocycles. The van der Waals surface area contributed by atoms with Gasteiger partial charge in [-0.05, 0) is 37.0 Å². The van der Waals surface area contributed by atoms with Gasteiger partial charge < -0.3 is 11.1 Å². The molecular formula is C15H19BrN2OS. The van der Waals surface area contributed by atoms with Crippen molar-refractivity contribution in [1.82, 2.24) is 0 Å². The molecule has 3 N–H and O–H groups in total. The molecule has 3 nitrogen and oxygen atoms in total. The second-order valence-electron chi connectivity index (χ2n) is 5.31. The first kappa shape index (κ1) is 15.4. The molecule has 0 bridgehead atoms. The summed E-state index contributed by atoms with van der Waals surface area (Å²) < 4.78 is 0.894. The third-order valence-electron chi connectivity index (χ3n) is 3.72. The fourth-order valence-electron chi connectivity index (χ4n) is 2.68. The van der Waals surface area contributed by atoms with E-state index in [0.29, 0.717) is 28.6 Å². The molecule has 0 aliphatic heterocycles. The molecule has 1 saturated carbocycles. The number of hydrogen-bond donors (Lipinski definition) is 2. The summed E-state index contributed by atoms with van der Waals surface area (Å²) in [6.07, 6.45) is 6.71. The van der Waals surface area contributed by atoms with Crippen molar-refractivity contribution in [3.8, 4) is 0 Å². The summed E-state index contributed by atoms with van der Waals surface area (Å²) in [6.45, 7) is 0. The number of anilines is 1. The van der Waals surface area contributed by atoms with Crippen molar-refractivity contribution in [2.75, 3.05) is 5.32 Å². The van der Waals surface area contributed by atoms with E-state index in [2.05, 4.69) is 21.2 Å². The monoisotopic (exact) mass is 354 g/mol. The number of rotatable bonds is 4. The number of thiocarbonyl (C=S) groups is 1. The van der Waals surface area contributed by atoms with E-state index in [-0.39, 0.29) is 5.91 Å². The maximum absolute atomic E-state index is 12.1. The van der Waals surface area contributed by atoms with Crippen LogP contribution in [0.4, 0.5) is 5.69 Å². The molecule has 1 aliphatic carbocycles. The predicted octanol–water partition coefficient (Wildman–Crippen LogP) is 3.99. The molecule has 1 aliphatic rings. The number of hydrogen-bond acceptors (Lipinski definition) is 2. The topological polar surface area (TPSA) is 55.1 Å². The fraction of sp³-hybridized carbons (Fsp3) is 0.467. The molecule has 0 unspecified atom stereocenters. The molecule has 0 saturated heterocycles. The van der Waals surface area contributed by atoms with Crippen LogP contribution in [0.25, 0.3) is 0 Å². The van der Waals surface area contributed by atoms with Gasteiger partial charge >= 0.3 is 0 Å². The van der Waals surface area contributed by atoms with E-state index in [0.717, 1.165) is 17.3 Å². The van der Waals surface area contributed by atoms with Crippen LogP contribution in [0, 0.1) is 5.92 Å². The lowest BCUT2D eigenvalue weighted by atomic mass is 9.87. The lowest BCUT2D eigenvalue weighted by molar-refractivity contribution is -0.117. The zero-order chi connectivity index (χ0) is 14.5. The van der Waals surface area contributed by atoms with Crippen LogP contribution in [0.15, 0.2) is 22.7 Å². The molecule has 0 aromatic heterocycles. The first-order valence-corrected chi connectivity index (χ1v) is 8.15. The van der Waals surface area contributed by atoms with Crippen LogP contribution in [0.3, 0.4) is 0 Å². The van der Waals surface area contributed by atoms with E-state index in [1.165, 1.54) is 19.3 Å². The van der Waals surface area contributed by atoms with Crippen molar-refractivity contribution < 1.29 is 4.79 Å². The maximum Gasteiger partial charge on any atom is 0.224 e. The molecule has 20 heavy (non-hydrogen) atoms. The molecule has 2 rings (SSSR count). The van der Waals surface area contributed by atoms with Crippen LogP contribution in [-0.2, 0) is 4.79 Å². The lowest BCUT2D eigenvalue weighted by Gasteiger charge is -2.21. The van der Waals surface area contributed by atoms with Crippen molar-refractivity contribution in [2.24, 2.45) is 11.7 Å². The number of carbonyl (C=O) groups excluding carboxylic acids is 1. The van der Waals surface area contributed by atoms with E-state index in [4.69, 9.17) is 18.0 Å². The minimum absolute atomic E-state index is 0.0525. The van der Waals surface area contributed by atoms with E-state index in [1.807, 2.05) is 18.2 Å². The number of amides is 1. The highest BCUT2D eigenvalue weighted by molar-refractivity contribution is 9.10. The first-order chi connectivity index (χ1) is 9.56. The second kappa shape index (κ2) is 7.18. The highest BCUT2D eigenvalue weighted by atomic mass is 79.9. The standard InChI is InChI=1S/C15H19BrN2OS/c16-11-6-7-13(12(9-11)15(17)20)18-14(19)8-10-4-2-1-3-5-10/h6-7,9-10H,1-5,8H2,(H2,17,20)(H,18,19). The maximum atomic E-state index is 12.1. The fourth-order valence-corrected chi connectivity index (χ4v) is 3.21. The van der Waals surface area contributed by atoms with E-state index >= 15 is 0 Å². The van der Waals surface area contributed by atoms with Gasteiger partial charge in [0.05, 0.1) is 5.69 Å². The van der Waals surface area contributed by atoms with Gasteiger partial charge in [0.15, 0.2) is 0 Å². The van der Waals surface area contributed by atoms with E-state index in [1.54, 1.807) is 0 Å². The van der Waals surface area contributed by atoms with Gasteiger partial charge in [0.2, 0.25) is 5.91 Å². The quantitative estimate of drug-likeness (QED) is 0.803. The number of halogens is 1. The molecule has 1 amide bonds.